The molecule has 5 nitrogen and oxygen atoms in total. The number of carbonyl (C=O) groups is 2. The van der Waals surface area contributed by atoms with Crippen LogP contribution in [0.3, 0.4) is 0 Å². The van der Waals surface area contributed by atoms with Crippen LogP contribution in [0.1, 0.15) is 39.1 Å². The molecule has 1 aromatic carbocycles. The molecule has 2 aromatic rings. The number of amides is 2. The Balaban J connectivity index is 1.56. The van der Waals surface area contributed by atoms with Crippen LogP contribution in [-0.4, -0.2) is 29.4 Å². The van der Waals surface area contributed by atoms with E-state index in [9.17, 15) is 9.59 Å². The first-order valence-electron chi connectivity index (χ1n) is 8.01. The Hall–Kier alpha value is -2.11. The lowest BCUT2D eigenvalue weighted by Gasteiger charge is -2.08. The van der Waals surface area contributed by atoms with Gasteiger partial charge in [-0.15, -0.1) is 0 Å². The van der Waals surface area contributed by atoms with Gasteiger partial charge < -0.3 is 10.6 Å². The zero-order valence-corrected chi connectivity index (χ0v) is 14.9. The number of pyridine rings is 1. The van der Waals surface area contributed by atoms with Gasteiger partial charge in [-0.2, -0.15) is 0 Å². The molecular formula is C18H17Cl2N3O2. The second-order valence-electron chi connectivity index (χ2n) is 5.95. The third-order valence-electron chi connectivity index (χ3n) is 3.87. The molecule has 0 radical (unpaired) electrons. The molecule has 1 aliphatic rings. The normalized spacial score (nSPS) is 13.4. The number of aromatic nitrogens is 1. The number of rotatable bonds is 6. The first-order chi connectivity index (χ1) is 12.0. The molecule has 0 atom stereocenters. The maximum atomic E-state index is 12.2. The summed E-state index contributed by atoms with van der Waals surface area (Å²) >= 11 is 12.0. The molecule has 0 aliphatic heterocycles. The van der Waals surface area contributed by atoms with Crippen LogP contribution in [0.25, 0.3) is 0 Å². The molecule has 1 heterocycles. The first kappa shape index (κ1) is 17.7. The van der Waals surface area contributed by atoms with Gasteiger partial charge in [-0.1, -0.05) is 29.3 Å². The Morgan fingerprint density at radius 3 is 2.48 bits per heavy atom. The van der Waals surface area contributed by atoms with Crippen LogP contribution < -0.4 is 10.6 Å². The second kappa shape index (κ2) is 7.85. The van der Waals surface area contributed by atoms with Crippen LogP contribution in [-0.2, 0) is 6.42 Å². The predicted molar refractivity (Wildman–Crippen MR) is 97.2 cm³/mol. The van der Waals surface area contributed by atoms with Gasteiger partial charge in [0, 0.05) is 35.0 Å². The van der Waals surface area contributed by atoms with Gasteiger partial charge in [0.15, 0.2) is 0 Å². The van der Waals surface area contributed by atoms with Crippen molar-refractivity contribution in [3.8, 4) is 0 Å². The standard InChI is InChI=1S/C18H17Cl2N3O2/c19-14-2-1-11(16(20)8-14)5-6-22-17(24)12-7-13(10-21-9-12)18(25)23-15-3-4-15/h1-2,7-10,15H,3-6H2,(H,22,24)(H,23,25). The number of nitrogens with one attached hydrogen (secondary N) is 2. The highest BCUT2D eigenvalue weighted by atomic mass is 35.5. The van der Waals surface area contributed by atoms with Crippen LogP contribution in [0.5, 0.6) is 0 Å². The van der Waals surface area contributed by atoms with Crippen molar-refractivity contribution in [3.05, 3.63) is 63.4 Å². The van der Waals surface area contributed by atoms with Gasteiger partial charge in [-0.05, 0) is 43.0 Å². The van der Waals surface area contributed by atoms with Crippen LogP contribution in [0, 0.1) is 0 Å². The van der Waals surface area contributed by atoms with E-state index in [2.05, 4.69) is 15.6 Å². The molecular weight excluding hydrogens is 361 g/mol. The summed E-state index contributed by atoms with van der Waals surface area (Å²) in [5.74, 6) is -0.476. The molecule has 0 spiro atoms. The smallest absolute Gasteiger partial charge is 0.253 e. The van der Waals surface area contributed by atoms with Crippen molar-refractivity contribution >= 4 is 35.0 Å². The average molecular weight is 378 g/mol. The molecule has 25 heavy (non-hydrogen) atoms. The van der Waals surface area contributed by atoms with Gasteiger partial charge in [0.05, 0.1) is 11.1 Å². The van der Waals surface area contributed by atoms with Crippen molar-refractivity contribution in [1.82, 2.24) is 15.6 Å². The van der Waals surface area contributed by atoms with Crippen LogP contribution >= 0.6 is 23.2 Å². The van der Waals surface area contributed by atoms with Gasteiger partial charge >= 0.3 is 0 Å². The maximum absolute atomic E-state index is 12.2. The summed E-state index contributed by atoms with van der Waals surface area (Å²) in [4.78, 5) is 28.3. The number of benzene rings is 1. The van der Waals surface area contributed by atoms with E-state index < -0.39 is 0 Å². The minimum atomic E-state index is -0.279. The molecule has 2 N–H and O–H groups in total. The fourth-order valence-corrected chi connectivity index (χ4v) is 2.82. The number of halogens is 2. The topological polar surface area (TPSA) is 71.1 Å². The molecule has 1 fully saturated rings. The third kappa shape index (κ3) is 4.94. The van der Waals surface area contributed by atoms with E-state index in [1.165, 1.54) is 12.4 Å². The van der Waals surface area contributed by atoms with E-state index in [1.807, 2.05) is 6.07 Å². The SMILES string of the molecule is O=C(NCCc1ccc(Cl)cc1Cl)c1cncc(C(=O)NC2CC2)c1. The van der Waals surface area contributed by atoms with Gasteiger partial charge in [0.25, 0.3) is 11.8 Å². The molecule has 0 saturated heterocycles. The summed E-state index contributed by atoms with van der Waals surface area (Å²) in [5.41, 5.74) is 1.65. The average Bonchev–Trinajstić information content (AvgIpc) is 3.41. The Labute approximate surface area is 155 Å². The largest absolute Gasteiger partial charge is 0.352 e. The zero-order valence-electron chi connectivity index (χ0n) is 13.4. The molecule has 3 rings (SSSR count). The Morgan fingerprint density at radius 2 is 1.80 bits per heavy atom. The van der Waals surface area contributed by atoms with Crippen molar-refractivity contribution in [2.45, 2.75) is 25.3 Å². The number of nitrogens with zero attached hydrogens (tertiary/aromatic N) is 1. The van der Waals surface area contributed by atoms with Crippen molar-refractivity contribution in [1.29, 1.82) is 0 Å². The second-order valence-corrected chi connectivity index (χ2v) is 6.80. The van der Waals surface area contributed by atoms with E-state index in [1.54, 1.807) is 18.2 Å². The fraction of sp³-hybridized carbons (Fsp3) is 0.278. The summed E-state index contributed by atoms with van der Waals surface area (Å²) in [6, 6.07) is 7.08. The Kier molecular flexibility index (Phi) is 5.56. The summed E-state index contributed by atoms with van der Waals surface area (Å²) < 4.78 is 0. The molecule has 130 valence electrons. The summed E-state index contributed by atoms with van der Waals surface area (Å²) in [6.07, 6.45) is 5.50. The van der Waals surface area contributed by atoms with Crippen molar-refractivity contribution in [2.24, 2.45) is 0 Å². The van der Waals surface area contributed by atoms with Gasteiger partial charge in [-0.25, -0.2) is 0 Å². The number of carbonyl (C=O) groups excluding carboxylic acids is 2. The molecule has 2 amide bonds. The highest BCUT2D eigenvalue weighted by Crippen LogP contribution is 2.21. The van der Waals surface area contributed by atoms with Crippen molar-refractivity contribution < 1.29 is 9.59 Å². The lowest BCUT2D eigenvalue weighted by Crippen LogP contribution is -2.28. The number of hydrogen-bond acceptors (Lipinski definition) is 3. The van der Waals surface area contributed by atoms with E-state index in [0.29, 0.717) is 34.1 Å². The monoisotopic (exact) mass is 377 g/mol. The third-order valence-corrected chi connectivity index (χ3v) is 4.46. The Bertz CT molecular complexity index is 807. The van der Waals surface area contributed by atoms with Gasteiger partial charge in [-0.3, -0.25) is 14.6 Å². The van der Waals surface area contributed by atoms with E-state index in [0.717, 1.165) is 18.4 Å². The van der Waals surface area contributed by atoms with E-state index >= 15 is 0 Å². The molecule has 0 unspecified atom stereocenters. The van der Waals surface area contributed by atoms with Crippen molar-refractivity contribution in [2.75, 3.05) is 6.54 Å². The lowest BCUT2D eigenvalue weighted by molar-refractivity contribution is 0.0950. The predicted octanol–water partition coefficient (Wildman–Crippen LogP) is 3.25. The quantitative estimate of drug-likeness (QED) is 0.811. The van der Waals surface area contributed by atoms with E-state index in [-0.39, 0.29) is 17.9 Å². The first-order valence-corrected chi connectivity index (χ1v) is 8.76. The van der Waals surface area contributed by atoms with Gasteiger partial charge in [0.1, 0.15) is 0 Å². The Morgan fingerprint density at radius 1 is 1.08 bits per heavy atom. The molecule has 0 bridgehead atoms. The lowest BCUT2D eigenvalue weighted by atomic mass is 10.1. The molecule has 1 aromatic heterocycles. The summed E-state index contributed by atoms with van der Waals surface area (Å²) in [6.45, 7) is 0.415. The zero-order chi connectivity index (χ0) is 17.8. The molecule has 7 heteroatoms. The highest BCUT2D eigenvalue weighted by molar-refractivity contribution is 6.35. The minimum absolute atomic E-state index is 0.197. The van der Waals surface area contributed by atoms with Crippen molar-refractivity contribution in [3.63, 3.8) is 0 Å². The molecule has 1 aliphatic carbocycles. The maximum Gasteiger partial charge on any atom is 0.253 e. The van der Waals surface area contributed by atoms with Crippen LogP contribution in [0.2, 0.25) is 10.0 Å². The van der Waals surface area contributed by atoms with Gasteiger partial charge in [0.2, 0.25) is 0 Å². The minimum Gasteiger partial charge on any atom is -0.352 e. The van der Waals surface area contributed by atoms with E-state index in [4.69, 9.17) is 23.2 Å². The van der Waals surface area contributed by atoms with Crippen LogP contribution in [0.15, 0.2) is 36.7 Å². The number of hydrogen-bond donors (Lipinski definition) is 2. The summed E-state index contributed by atoms with van der Waals surface area (Å²) in [5, 5.41) is 6.83. The highest BCUT2D eigenvalue weighted by Gasteiger charge is 2.24. The molecule has 1 saturated carbocycles. The summed E-state index contributed by atoms with van der Waals surface area (Å²) in [7, 11) is 0. The van der Waals surface area contributed by atoms with Crippen LogP contribution in [0.4, 0.5) is 0 Å². The fourth-order valence-electron chi connectivity index (χ4n) is 2.32.